The highest BCUT2D eigenvalue weighted by atomic mass is 16.5. The maximum absolute atomic E-state index is 11.1. The molecule has 0 fully saturated rings. The largest absolute Gasteiger partial charge is 0.464 e. The molecule has 0 amide bonds. The van der Waals surface area contributed by atoms with E-state index in [4.69, 9.17) is 0 Å². The van der Waals surface area contributed by atoms with Crippen molar-refractivity contribution in [3.05, 3.63) is 11.4 Å². The van der Waals surface area contributed by atoms with Crippen LogP contribution in [0.4, 0.5) is 5.69 Å². The third-order valence-electron chi connectivity index (χ3n) is 1.70. The van der Waals surface area contributed by atoms with Crippen LogP contribution in [0.2, 0.25) is 0 Å². The molecule has 0 aliphatic heterocycles. The molecule has 1 N–H and O–H groups in total. The molecule has 1 aromatic rings. The predicted octanol–water partition coefficient (Wildman–Crippen LogP) is 1.09. The molecule has 13 heavy (non-hydrogen) atoms. The molecular formula is C8H11N3O2. The van der Waals surface area contributed by atoms with Crippen LogP contribution < -0.4 is 0 Å². The van der Waals surface area contributed by atoms with Crippen molar-refractivity contribution in [3.8, 4) is 0 Å². The lowest BCUT2D eigenvalue weighted by Crippen LogP contribution is -2.01. The van der Waals surface area contributed by atoms with Gasteiger partial charge in [0.25, 0.3) is 0 Å². The molecule has 5 nitrogen and oxygen atoms in total. The summed E-state index contributed by atoms with van der Waals surface area (Å²) >= 11 is 0. The summed E-state index contributed by atoms with van der Waals surface area (Å²) in [5, 5.41) is 6.50. The van der Waals surface area contributed by atoms with Crippen molar-refractivity contribution in [3.63, 3.8) is 0 Å². The van der Waals surface area contributed by atoms with E-state index in [1.165, 1.54) is 7.11 Å². The first-order valence-electron chi connectivity index (χ1n) is 3.86. The molecule has 0 saturated carbocycles. The number of H-pyrrole nitrogens is 1. The van der Waals surface area contributed by atoms with Crippen molar-refractivity contribution in [1.82, 2.24) is 10.2 Å². The molecule has 70 valence electrons. The molecule has 1 aromatic heterocycles. The number of aromatic amines is 1. The first-order chi connectivity index (χ1) is 6.24. The average Bonchev–Trinajstić information content (AvgIpc) is 2.58. The van der Waals surface area contributed by atoms with E-state index in [0.717, 1.165) is 12.1 Å². The molecule has 0 spiro atoms. The van der Waals surface area contributed by atoms with E-state index in [0.29, 0.717) is 5.69 Å². The summed E-state index contributed by atoms with van der Waals surface area (Å²) in [6.45, 7) is 5.31. The van der Waals surface area contributed by atoms with E-state index < -0.39 is 5.97 Å². The van der Waals surface area contributed by atoms with Gasteiger partial charge in [-0.1, -0.05) is 6.92 Å². The van der Waals surface area contributed by atoms with Crippen molar-refractivity contribution >= 4 is 18.4 Å². The second-order valence-electron chi connectivity index (χ2n) is 2.40. The minimum Gasteiger partial charge on any atom is -0.464 e. The molecule has 0 aromatic carbocycles. The van der Waals surface area contributed by atoms with Crippen molar-refractivity contribution in [2.75, 3.05) is 7.11 Å². The third kappa shape index (κ3) is 1.58. The monoisotopic (exact) mass is 181 g/mol. The van der Waals surface area contributed by atoms with Gasteiger partial charge in [-0.2, -0.15) is 5.10 Å². The Morgan fingerprint density at radius 1 is 1.77 bits per heavy atom. The van der Waals surface area contributed by atoms with Crippen LogP contribution in [0, 0.1) is 0 Å². The van der Waals surface area contributed by atoms with Crippen molar-refractivity contribution in [1.29, 1.82) is 0 Å². The fraction of sp³-hybridized carbons (Fsp3) is 0.375. The van der Waals surface area contributed by atoms with Gasteiger partial charge in [-0.25, -0.2) is 4.79 Å². The van der Waals surface area contributed by atoms with E-state index in [-0.39, 0.29) is 5.69 Å². The summed E-state index contributed by atoms with van der Waals surface area (Å²) in [6, 6.07) is 0. The molecule has 0 aliphatic rings. The maximum Gasteiger partial charge on any atom is 0.360 e. The number of carbonyl (C=O) groups is 1. The highest BCUT2D eigenvalue weighted by Crippen LogP contribution is 2.22. The highest BCUT2D eigenvalue weighted by Gasteiger charge is 2.17. The normalized spacial score (nSPS) is 9.69. The van der Waals surface area contributed by atoms with Gasteiger partial charge in [-0.05, 0) is 13.1 Å². The Labute approximate surface area is 75.8 Å². The number of hydrogen-bond acceptors (Lipinski definition) is 4. The molecule has 0 atom stereocenters. The van der Waals surface area contributed by atoms with Gasteiger partial charge in [-0.3, -0.25) is 10.1 Å². The third-order valence-corrected chi connectivity index (χ3v) is 1.70. The van der Waals surface area contributed by atoms with Gasteiger partial charge in [-0.15, -0.1) is 0 Å². The Balaban J connectivity index is 3.15. The van der Waals surface area contributed by atoms with Crippen LogP contribution in [-0.2, 0) is 11.2 Å². The van der Waals surface area contributed by atoms with Gasteiger partial charge >= 0.3 is 5.97 Å². The van der Waals surface area contributed by atoms with E-state index in [1.54, 1.807) is 0 Å². The number of rotatable bonds is 3. The van der Waals surface area contributed by atoms with Gasteiger partial charge < -0.3 is 4.74 Å². The molecule has 0 aliphatic carbocycles. The summed E-state index contributed by atoms with van der Waals surface area (Å²) in [7, 11) is 1.30. The first-order valence-corrected chi connectivity index (χ1v) is 3.86. The number of esters is 1. The zero-order valence-corrected chi connectivity index (χ0v) is 7.63. The number of aryl methyl sites for hydroxylation is 1. The van der Waals surface area contributed by atoms with Crippen LogP contribution >= 0.6 is 0 Å². The average molecular weight is 181 g/mol. The number of nitrogens with zero attached hydrogens (tertiary/aromatic N) is 2. The van der Waals surface area contributed by atoms with Crippen LogP contribution in [0.15, 0.2) is 4.99 Å². The van der Waals surface area contributed by atoms with Crippen LogP contribution in [0.1, 0.15) is 23.1 Å². The molecule has 1 heterocycles. The zero-order chi connectivity index (χ0) is 9.84. The molecule has 0 unspecified atom stereocenters. The SMILES string of the molecule is C=Nc1c(C(=O)OC)n[nH]c1CC. The van der Waals surface area contributed by atoms with Gasteiger partial charge in [0.1, 0.15) is 5.69 Å². The highest BCUT2D eigenvalue weighted by molar-refractivity contribution is 5.93. The number of aromatic nitrogens is 2. The van der Waals surface area contributed by atoms with E-state index in [1.807, 2.05) is 6.92 Å². The summed E-state index contributed by atoms with van der Waals surface area (Å²) in [5.41, 5.74) is 1.46. The summed E-state index contributed by atoms with van der Waals surface area (Å²) < 4.78 is 4.53. The van der Waals surface area contributed by atoms with E-state index >= 15 is 0 Å². The molecule has 0 bridgehead atoms. The Kier molecular flexibility index (Phi) is 2.79. The molecule has 1 rings (SSSR count). The summed E-state index contributed by atoms with van der Waals surface area (Å²) in [5.74, 6) is -0.502. The van der Waals surface area contributed by atoms with Crippen LogP contribution in [-0.4, -0.2) is 30.0 Å². The number of carbonyl (C=O) groups excluding carboxylic acids is 1. The minimum atomic E-state index is -0.502. The second kappa shape index (κ2) is 3.84. The van der Waals surface area contributed by atoms with Crippen molar-refractivity contribution < 1.29 is 9.53 Å². The van der Waals surface area contributed by atoms with E-state index in [9.17, 15) is 4.79 Å². The predicted molar refractivity (Wildman–Crippen MR) is 48.5 cm³/mol. The van der Waals surface area contributed by atoms with Crippen LogP contribution in [0.25, 0.3) is 0 Å². The van der Waals surface area contributed by atoms with Gasteiger partial charge in [0, 0.05) is 0 Å². The van der Waals surface area contributed by atoms with Crippen molar-refractivity contribution in [2.45, 2.75) is 13.3 Å². The Hall–Kier alpha value is -1.65. The second-order valence-corrected chi connectivity index (χ2v) is 2.40. The standard InChI is InChI=1S/C8H11N3O2/c1-4-5-6(9-2)7(11-10-5)8(12)13-3/h2,4H2,1,3H3,(H,10,11). The lowest BCUT2D eigenvalue weighted by molar-refractivity contribution is 0.0595. The van der Waals surface area contributed by atoms with Gasteiger partial charge in [0.2, 0.25) is 0 Å². The number of methoxy groups -OCH3 is 1. The summed E-state index contributed by atoms with van der Waals surface area (Å²) in [6.07, 6.45) is 0.721. The van der Waals surface area contributed by atoms with Gasteiger partial charge in [0.05, 0.1) is 12.8 Å². The first kappa shape index (κ1) is 9.44. The quantitative estimate of drug-likeness (QED) is 0.560. The maximum atomic E-state index is 11.1. The number of aliphatic imine (C=N–C) groups is 1. The molecule has 0 saturated heterocycles. The Morgan fingerprint density at radius 2 is 2.46 bits per heavy atom. The van der Waals surface area contributed by atoms with Crippen LogP contribution in [0.3, 0.4) is 0 Å². The molecule has 0 radical (unpaired) electrons. The topological polar surface area (TPSA) is 67.3 Å². The molecule has 5 heteroatoms. The molecular weight excluding hydrogens is 170 g/mol. The number of hydrogen-bond donors (Lipinski definition) is 1. The number of ether oxygens (including phenoxy) is 1. The fourth-order valence-corrected chi connectivity index (χ4v) is 1.03. The smallest absolute Gasteiger partial charge is 0.360 e. The zero-order valence-electron chi connectivity index (χ0n) is 7.63. The summed E-state index contributed by atoms with van der Waals surface area (Å²) in [4.78, 5) is 14.9. The van der Waals surface area contributed by atoms with E-state index in [2.05, 4.69) is 26.6 Å². The van der Waals surface area contributed by atoms with Crippen molar-refractivity contribution in [2.24, 2.45) is 4.99 Å². The van der Waals surface area contributed by atoms with Gasteiger partial charge in [0.15, 0.2) is 5.69 Å². The fourth-order valence-electron chi connectivity index (χ4n) is 1.03. The lowest BCUT2D eigenvalue weighted by atomic mass is 10.2. The lowest BCUT2D eigenvalue weighted by Gasteiger charge is -1.95. The Morgan fingerprint density at radius 3 is 2.92 bits per heavy atom. The Bertz CT molecular complexity index is 330. The number of nitrogens with one attached hydrogen (secondary N) is 1. The minimum absolute atomic E-state index is 0.189. The van der Waals surface area contributed by atoms with Crippen LogP contribution in [0.5, 0.6) is 0 Å².